The zero-order valence-corrected chi connectivity index (χ0v) is 16.4. The van der Waals surface area contributed by atoms with Crippen LogP contribution >= 0.6 is 0 Å². The first kappa shape index (κ1) is 20.3. The third-order valence-corrected chi connectivity index (χ3v) is 6.35. The minimum atomic E-state index is -3.82. The number of nitrogens with zero attached hydrogens (tertiary/aromatic N) is 1. The number of hydrogen-bond donors (Lipinski definition) is 2. The van der Waals surface area contributed by atoms with Crippen LogP contribution in [-0.2, 0) is 20.0 Å². The fourth-order valence-electron chi connectivity index (χ4n) is 2.73. The molecule has 9 nitrogen and oxygen atoms in total. The van der Waals surface area contributed by atoms with Gasteiger partial charge in [0.1, 0.15) is 5.82 Å². The van der Waals surface area contributed by atoms with Gasteiger partial charge in [-0.25, -0.2) is 21.2 Å². The molecule has 0 atom stereocenters. The Morgan fingerprint density at radius 3 is 2.39 bits per heavy atom. The van der Waals surface area contributed by atoms with Crippen LogP contribution in [0.1, 0.15) is 23.4 Å². The molecule has 0 spiro atoms. The van der Waals surface area contributed by atoms with Gasteiger partial charge < -0.3 is 9.73 Å². The molecule has 28 heavy (non-hydrogen) atoms. The predicted molar refractivity (Wildman–Crippen MR) is 99.5 cm³/mol. The van der Waals surface area contributed by atoms with Gasteiger partial charge in [0.15, 0.2) is 5.76 Å². The number of hydrogen-bond acceptors (Lipinski definition) is 6. The molecule has 0 radical (unpaired) electrons. The standard InChI is InChI=1S/C16H18FN3O6S2/c1-27(22,23)19-13-10-11(17)4-5-12(13)18-16(21)14-6-7-15(26-14)28(24,25)20-8-2-3-9-20/h4-7,10,19H,2-3,8-9H2,1H3,(H,18,21). The van der Waals surface area contributed by atoms with Crippen LogP contribution in [0.3, 0.4) is 0 Å². The lowest BCUT2D eigenvalue weighted by molar-refractivity contribution is 0.0991. The van der Waals surface area contributed by atoms with Crippen molar-refractivity contribution in [3.63, 3.8) is 0 Å². The van der Waals surface area contributed by atoms with Gasteiger partial charge in [-0.05, 0) is 37.1 Å². The monoisotopic (exact) mass is 431 g/mol. The molecule has 1 aliphatic heterocycles. The van der Waals surface area contributed by atoms with Gasteiger partial charge in [0.2, 0.25) is 15.1 Å². The smallest absolute Gasteiger partial charge is 0.291 e. The predicted octanol–water partition coefficient (Wildman–Crippen LogP) is 1.83. The van der Waals surface area contributed by atoms with Crippen molar-refractivity contribution in [1.29, 1.82) is 0 Å². The van der Waals surface area contributed by atoms with Crippen LogP contribution in [-0.4, -0.2) is 46.4 Å². The van der Waals surface area contributed by atoms with E-state index in [1.165, 1.54) is 22.5 Å². The Hall–Kier alpha value is -2.44. The quantitative estimate of drug-likeness (QED) is 0.719. The van der Waals surface area contributed by atoms with Crippen molar-refractivity contribution in [2.24, 2.45) is 0 Å². The molecule has 152 valence electrons. The summed E-state index contributed by atoms with van der Waals surface area (Å²) in [4.78, 5) is 12.4. The molecule has 2 aromatic rings. The molecule has 12 heteroatoms. The first-order valence-corrected chi connectivity index (χ1v) is 11.6. The zero-order chi connectivity index (χ0) is 20.5. The van der Waals surface area contributed by atoms with E-state index < -0.39 is 31.8 Å². The molecule has 0 aliphatic carbocycles. The Morgan fingerprint density at radius 2 is 1.75 bits per heavy atom. The van der Waals surface area contributed by atoms with Crippen molar-refractivity contribution in [3.05, 3.63) is 41.9 Å². The second-order valence-electron chi connectivity index (χ2n) is 6.25. The zero-order valence-electron chi connectivity index (χ0n) is 14.8. The maximum atomic E-state index is 13.4. The molecule has 2 heterocycles. The summed E-state index contributed by atoms with van der Waals surface area (Å²) < 4.78 is 69.8. The van der Waals surface area contributed by atoms with E-state index in [-0.39, 0.29) is 22.2 Å². The largest absolute Gasteiger partial charge is 0.438 e. The lowest BCUT2D eigenvalue weighted by Gasteiger charge is -2.13. The van der Waals surface area contributed by atoms with Gasteiger partial charge in [0.25, 0.3) is 15.9 Å². The number of amides is 1. The average Bonchev–Trinajstić information content (AvgIpc) is 3.28. The van der Waals surface area contributed by atoms with E-state index in [2.05, 4.69) is 10.0 Å². The van der Waals surface area contributed by atoms with Crippen LogP contribution in [0, 0.1) is 5.82 Å². The Morgan fingerprint density at radius 1 is 1.07 bits per heavy atom. The van der Waals surface area contributed by atoms with Crippen molar-refractivity contribution in [2.75, 3.05) is 29.4 Å². The van der Waals surface area contributed by atoms with Crippen molar-refractivity contribution in [1.82, 2.24) is 4.31 Å². The fraction of sp³-hybridized carbons (Fsp3) is 0.312. The molecular weight excluding hydrogens is 413 g/mol. The molecule has 3 rings (SSSR count). The molecule has 1 aromatic carbocycles. The fourth-order valence-corrected chi connectivity index (χ4v) is 4.73. The number of sulfonamides is 2. The summed E-state index contributed by atoms with van der Waals surface area (Å²) in [7, 11) is -7.53. The minimum Gasteiger partial charge on any atom is -0.438 e. The number of rotatable bonds is 6. The van der Waals surface area contributed by atoms with Crippen LogP contribution in [0.5, 0.6) is 0 Å². The second-order valence-corrected chi connectivity index (χ2v) is 9.87. The lowest BCUT2D eigenvalue weighted by atomic mass is 10.2. The SMILES string of the molecule is CS(=O)(=O)Nc1cc(F)ccc1NC(=O)c1ccc(S(=O)(=O)N2CCCC2)o1. The highest BCUT2D eigenvalue weighted by molar-refractivity contribution is 7.92. The van der Waals surface area contributed by atoms with Crippen LogP contribution in [0.15, 0.2) is 39.8 Å². The lowest BCUT2D eigenvalue weighted by Crippen LogP contribution is -2.27. The van der Waals surface area contributed by atoms with E-state index in [4.69, 9.17) is 4.42 Å². The maximum absolute atomic E-state index is 13.4. The summed E-state index contributed by atoms with van der Waals surface area (Å²) in [5.74, 6) is -1.81. The van der Waals surface area contributed by atoms with Crippen molar-refractivity contribution in [2.45, 2.75) is 17.9 Å². The molecule has 1 saturated heterocycles. The minimum absolute atomic E-state index is 0.0165. The molecule has 1 aliphatic rings. The topological polar surface area (TPSA) is 126 Å². The summed E-state index contributed by atoms with van der Waals surface area (Å²) in [6.07, 6.45) is 2.40. The number of furan rings is 1. The van der Waals surface area contributed by atoms with E-state index >= 15 is 0 Å². The van der Waals surface area contributed by atoms with E-state index in [9.17, 15) is 26.0 Å². The highest BCUT2D eigenvalue weighted by Gasteiger charge is 2.30. The summed E-state index contributed by atoms with van der Waals surface area (Å²) >= 11 is 0. The Labute approximate surface area is 161 Å². The molecule has 1 aromatic heterocycles. The van der Waals surface area contributed by atoms with E-state index in [1.807, 2.05) is 0 Å². The number of halogens is 1. The third kappa shape index (κ3) is 4.51. The number of carbonyl (C=O) groups excluding carboxylic acids is 1. The summed E-state index contributed by atoms with van der Waals surface area (Å²) in [5, 5.41) is 2.02. The average molecular weight is 431 g/mol. The second kappa shape index (κ2) is 7.53. The highest BCUT2D eigenvalue weighted by Crippen LogP contribution is 2.26. The van der Waals surface area contributed by atoms with Gasteiger partial charge in [0, 0.05) is 19.2 Å². The van der Waals surface area contributed by atoms with Crippen LogP contribution < -0.4 is 10.0 Å². The van der Waals surface area contributed by atoms with Gasteiger partial charge in [-0.1, -0.05) is 0 Å². The van der Waals surface area contributed by atoms with Crippen LogP contribution in [0.4, 0.5) is 15.8 Å². The normalized spacial score (nSPS) is 15.5. The number of anilines is 2. The van der Waals surface area contributed by atoms with E-state index in [1.54, 1.807) is 0 Å². The Kier molecular flexibility index (Phi) is 5.46. The Bertz CT molecular complexity index is 1110. The van der Waals surface area contributed by atoms with Crippen molar-refractivity contribution >= 4 is 37.3 Å². The van der Waals surface area contributed by atoms with Crippen molar-refractivity contribution in [3.8, 4) is 0 Å². The molecule has 0 saturated carbocycles. The maximum Gasteiger partial charge on any atom is 0.291 e. The molecule has 0 bridgehead atoms. The first-order valence-electron chi connectivity index (χ1n) is 8.25. The number of benzene rings is 1. The van der Waals surface area contributed by atoms with Gasteiger partial charge in [-0.3, -0.25) is 9.52 Å². The summed E-state index contributed by atoms with van der Waals surface area (Å²) in [5.41, 5.74) is -0.190. The number of nitrogens with one attached hydrogen (secondary N) is 2. The van der Waals surface area contributed by atoms with Gasteiger partial charge in [-0.15, -0.1) is 0 Å². The van der Waals surface area contributed by atoms with E-state index in [0.29, 0.717) is 13.1 Å². The molecular formula is C16H18FN3O6S2. The highest BCUT2D eigenvalue weighted by atomic mass is 32.2. The number of carbonyl (C=O) groups is 1. The molecule has 0 unspecified atom stereocenters. The van der Waals surface area contributed by atoms with E-state index in [0.717, 1.165) is 31.2 Å². The van der Waals surface area contributed by atoms with Crippen LogP contribution in [0.2, 0.25) is 0 Å². The third-order valence-electron chi connectivity index (χ3n) is 3.99. The van der Waals surface area contributed by atoms with Crippen LogP contribution in [0.25, 0.3) is 0 Å². The van der Waals surface area contributed by atoms with Gasteiger partial charge in [-0.2, -0.15) is 4.31 Å². The Balaban J connectivity index is 1.82. The summed E-state index contributed by atoms with van der Waals surface area (Å²) in [6, 6.07) is 5.50. The molecule has 1 amide bonds. The first-order chi connectivity index (χ1) is 13.1. The molecule has 2 N–H and O–H groups in total. The molecule has 1 fully saturated rings. The van der Waals surface area contributed by atoms with Gasteiger partial charge >= 0.3 is 0 Å². The van der Waals surface area contributed by atoms with Crippen molar-refractivity contribution < 1.29 is 30.4 Å². The summed E-state index contributed by atoms with van der Waals surface area (Å²) in [6.45, 7) is 0.779. The van der Waals surface area contributed by atoms with Gasteiger partial charge in [0.05, 0.1) is 17.6 Å².